The topological polar surface area (TPSA) is 54.0 Å². The van der Waals surface area contributed by atoms with Crippen molar-refractivity contribution in [3.05, 3.63) is 0 Å². The molecule has 1 unspecified atom stereocenters. The molecule has 0 spiro atoms. The number of esters is 1. The van der Waals surface area contributed by atoms with E-state index in [1.54, 1.807) is 14.2 Å². The summed E-state index contributed by atoms with van der Waals surface area (Å²) in [5.41, 5.74) is 0. The molecule has 1 saturated heterocycles. The van der Waals surface area contributed by atoms with Crippen molar-refractivity contribution in [3.63, 3.8) is 0 Å². The average Bonchev–Trinajstić information content (AvgIpc) is 2.50. The summed E-state index contributed by atoms with van der Waals surface area (Å²) in [6.07, 6.45) is -0.612. The molecule has 4 atom stereocenters. The molecule has 0 aliphatic carbocycles. The first-order chi connectivity index (χ1) is 7.10. The first-order valence-corrected chi connectivity index (χ1v) is 4.94. The van der Waals surface area contributed by atoms with E-state index >= 15 is 0 Å². The molecule has 1 rings (SSSR count). The van der Waals surface area contributed by atoms with E-state index in [-0.39, 0.29) is 37.0 Å². The van der Waals surface area contributed by atoms with Crippen LogP contribution < -0.4 is 0 Å². The zero-order valence-corrected chi connectivity index (χ0v) is 9.56. The summed E-state index contributed by atoms with van der Waals surface area (Å²) in [6, 6.07) is 0. The van der Waals surface area contributed by atoms with Crippen LogP contribution in [-0.4, -0.2) is 51.2 Å². The van der Waals surface area contributed by atoms with Crippen LogP contribution in [0.25, 0.3) is 0 Å². The molecule has 0 saturated carbocycles. The third kappa shape index (κ3) is 2.90. The molecular formula is C10H18O5. The Hall–Kier alpha value is -0.650. The van der Waals surface area contributed by atoms with Crippen molar-refractivity contribution in [2.45, 2.75) is 38.3 Å². The lowest BCUT2D eigenvalue weighted by Crippen LogP contribution is -2.37. The number of carbonyl (C=O) groups is 1. The maximum atomic E-state index is 10.7. The second kappa shape index (κ2) is 5.44. The number of carbonyl (C=O) groups excluding carboxylic acids is 1. The Labute approximate surface area is 89.6 Å². The maximum Gasteiger partial charge on any atom is 0.302 e. The van der Waals surface area contributed by atoms with Gasteiger partial charge in [-0.3, -0.25) is 4.79 Å². The fourth-order valence-electron chi connectivity index (χ4n) is 1.85. The third-order valence-corrected chi connectivity index (χ3v) is 2.54. The van der Waals surface area contributed by atoms with E-state index in [9.17, 15) is 4.79 Å². The summed E-state index contributed by atoms with van der Waals surface area (Å²) in [7, 11) is 3.21. The van der Waals surface area contributed by atoms with Crippen LogP contribution in [0.2, 0.25) is 0 Å². The third-order valence-electron chi connectivity index (χ3n) is 2.54. The highest BCUT2D eigenvalue weighted by Crippen LogP contribution is 2.25. The predicted octanol–water partition coefficient (Wildman–Crippen LogP) is 0.367. The van der Waals surface area contributed by atoms with E-state index in [0.717, 1.165) is 0 Å². The van der Waals surface area contributed by atoms with Gasteiger partial charge in [-0.2, -0.15) is 0 Å². The van der Waals surface area contributed by atoms with E-state index in [4.69, 9.17) is 18.9 Å². The Balaban J connectivity index is 2.54. The largest absolute Gasteiger partial charge is 0.463 e. The van der Waals surface area contributed by atoms with Gasteiger partial charge in [-0.25, -0.2) is 0 Å². The number of methoxy groups -OCH3 is 2. The van der Waals surface area contributed by atoms with E-state index in [1.807, 2.05) is 6.92 Å². The lowest BCUT2D eigenvalue weighted by Gasteiger charge is -2.20. The lowest BCUT2D eigenvalue weighted by molar-refractivity contribution is -0.146. The zero-order valence-electron chi connectivity index (χ0n) is 9.56. The van der Waals surface area contributed by atoms with Gasteiger partial charge in [0, 0.05) is 21.1 Å². The Kier molecular flexibility index (Phi) is 4.50. The molecule has 88 valence electrons. The lowest BCUT2D eigenvalue weighted by atomic mass is 10.1. The molecule has 0 bridgehead atoms. The highest BCUT2D eigenvalue weighted by Gasteiger charge is 2.43. The summed E-state index contributed by atoms with van der Waals surface area (Å²) in [5, 5.41) is 0. The van der Waals surface area contributed by atoms with Crippen LogP contribution in [0.5, 0.6) is 0 Å². The number of ether oxygens (including phenoxy) is 4. The van der Waals surface area contributed by atoms with Gasteiger partial charge in [-0.1, -0.05) is 0 Å². The van der Waals surface area contributed by atoms with Crippen molar-refractivity contribution >= 4 is 5.97 Å². The smallest absolute Gasteiger partial charge is 0.302 e. The monoisotopic (exact) mass is 218 g/mol. The van der Waals surface area contributed by atoms with Crippen LogP contribution in [-0.2, 0) is 23.7 Å². The van der Waals surface area contributed by atoms with Gasteiger partial charge in [0.25, 0.3) is 0 Å². The molecule has 1 aliphatic heterocycles. The van der Waals surface area contributed by atoms with Crippen molar-refractivity contribution in [2.24, 2.45) is 0 Å². The summed E-state index contributed by atoms with van der Waals surface area (Å²) in [5.74, 6) is -0.318. The Morgan fingerprint density at radius 2 is 1.87 bits per heavy atom. The van der Waals surface area contributed by atoms with Gasteiger partial charge in [0.2, 0.25) is 0 Å². The molecule has 0 amide bonds. The molecule has 1 aliphatic rings. The molecule has 0 aromatic rings. The van der Waals surface area contributed by atoms with Gasteiger partial charge in [0.05, 0.1) is 6.10 Å². The molecule has 0 aromatic carbocycles. The minimum Gasteiger partial charge on any atom is -0.463 e. The molecule has 1 heterocycles. The summed E-state index contributed by atoms with van der Waals surface area (Å²) < 4.78 is 21.1. The fourth-order valence-corrected chi connectivity index (χ4v) is 1.85. The molecule has 0 radical (unpaired) electrons. The van der Waals surface area contributed by atoms with Gasteiger partial charge >= 0.3 is 5.97 Å². The summed E-state index contributed by atoms with van der Waals surface area (Å²) in [4.78, 5) is 10.7. The number of hydrogen-bond donors (Lipinski definition) is 0. The fraction of sp³-hybridized carbons (Fsp3) is 0.900. The Morgan fingerprint density at radius 1 is 1.27 bits per heavy atom. The van der Waals surface area contributed by atoms with Crippen molar-refractivity contribution in [3.8, 4) is 0 Å². The maximum absolute atomic E-state index is 10.7. The molecule has 0 N–H and O–H groups in total. The number of rotatable bonds is 4. The zero-order chi connectivity index (χ0) is 11.4. The normalized spacial score (nSPS) is 35.5. The van der Waals surface area contributed by atoms with Gasteiger partial charge in [-0.15, -0.1) is 0 Å². The van der Waals surface area contributed by atoms with Crippen LogP contribution in [0.1, 0.15) is 13.8 Å². The SMILES string of the molecule is COC1[C@@H](COC(C)=O)O[C@@H](C)[C@H]1OC. The molecule has 1 fully saturated rings. The average molecular weight is 218 g/mol. The Bertz CT molecular complexity index is 218. The van der Waals surface area contributed by atoms with E-state index in [1.165, 1.54) is 6.92 Å². The second-order valence-electron chi connectivity index (χ2n) is 3.58. The van der Waals surface area contributed by atoms with Crippen LogP contribution in [0.15, 0.2) is 0 Å². The van der Waals surface area contributed by atoms with Gasteiger partial charge in [-0.05, 0) is 6.92 Å². The number of hydrogen-bond acceptors (Lipinski definition) is 5. The van der Waals surface area contributed by atoms with Crippen molar-refractivity contribution in [1.29, 1.82) is 0 Å². The first kappa shape index (κ1) is 12.4. The van der Waals surface area contributed by atoms with Gasteiger partial charge in [0.15, 0.2) is 0 Å². The standard InChI is InChI=1S/C10H18O5/c1-6-9(12-3)10(13-4)8(15-6)5-14-7(2)11/h6,8-10H,5H2,1-4H3/t6-,8+,9+,10?/m0/s1. The predicted molar refractivity (Wildman–Crippen MR) is 52.6 cm³/mol. The molecule has 0 aromatic heterocycles. The van der Waals surface area contributed by atoms with Crippen LogP contribution in [0, 0.1) is 0 Å². The minimum absolute atomic E-state index is 0.0551. The molecule has 5 heteroatoms. The highest BCUT2D eigenvalue weighted by molar-refractivity contribution is 5.65. The van der Waals surface area contributed by atoms with E-state index < -0.39 is 0 Å². The van der Waals surface area contributed by atoms with Crippen molar-refractivity contribution < 1.29 is 23.7 Å². The van der Waals surface area contributed by atoms with Crippen molar-refractivity contribution in [1.82, 2.24) is 0 Å². The molecule has 5 nitrogen and oxygen atoms in total. The summed E-state index contributed by atoms with van der Waals surface area (Å²) >= 11 is 0. The quantitative estimate of drug-likeness (QED) is 0.638. The van der Waals surface area contributed by atoms with Crippen molar-refractivity contribution in [2.75, 3.05) is 20.8 Å². The van der Waals surface area contributed by atoms with E-state index in [2.05, 4.69) is 0 Å². The molecular weight excluding hydrogens is 200 g/mol. The minimum atomic E-state index is -0.318. The highest BCUT2D eigenvalue weighted by atomic mass is 16.6. The summed E-state index contributed by atoms with van der Waals surface area (Å²) in [6.45, 7) is 3.49. The van der Waals surface area contributed by atoms with Crippen LogP contribution in [0.3, 0.4) is 0 Å². The second-order valence-corrected chi connectivity index (χ2v) is 3.58. The van der Waals surface area contributed by atoms with Gasteiger partial charge in [0.1, 0.15) is 24.9 Å². The Morgan fingerprint density at radius 3 is 2.33 bits per heavy atom. The van der Waals surface area contributed by atoms with Crippen LogP contribution in [0.4, 0.5) is 0 Å². The van der Waals surface area contributed by atoms with E-state index in [0.29, 0.717) is 0 Å². The van der Waals surface area contributed by atoms with Crippen LogP contribution >= 0.6 is 0 Å². The first-order valence-electron chi connectivity index (χ1n) is 4.94. The van der Waals surface area contributed by atoms with Gasteiger partial charge < -0.3 is 18.9 Å². The molecule has 15 heavy (non-hydrogen) atoms.